The Balaban J connectivity index is 1.54. The first-order chi connectivity index (χ1) is 18.0. The quantitative estimate of drug-likeness (QED) is 0.125. The molecule has 0 saturated carbocycles. The lowest BCUT2D eigenvalue weighted by molar-refractivity contribution is -0.124. The van der Waals surface area contributed by atoms with Crippen molar-refractivity contribution in [1.29, 1.82) is 0 Å². The Morgan fingerprint density at radius 2 is 1.92 bits per heavy atom. The van der Waals surface area contributed by atoms with Crippen LogP contribution in [0.3, 0.4) is 0 Å². The van der Waals surface area contributed by atoms with Gasteiger partial charge in [-0.05, 0) is 60.0 Å². The molecular formula is C28H26BrN3O5. The molecular weight excluding hydrogens is 538 g/mol. The molecule has 0 bridgehead atoms. The van der Waals surface area contributed by atoms with Crippen molar-refractivity contribution >= 4 is 44.7 Å². The number of fused-ring (bicyclic) bond motifs is 1. The molecule has 1 heterocycles. The van der Waals surface area contributed by atoms with E-state index < -0.39 is 5.91 Å². The zero-order valence-electron chi connectivity index (χ0n) is 20.0. The molecule has 0 aliphatic rings. The number of hydrogen-bond donors (Lipinski definition) is 4. The normalized spacial score (nSPS) is 11.9. The third kappa shape index (κ3) is 6.78. The van der Waals surface area contributed by atoms with Gasteiger partial charge in [-0.3, -0.25) is 14.8 Å². The van der Waals surface area contributed by atoms with E-state index in [1.54, 1.807) is 35.8 Å². The maximum absolute atomic E-state index is 13.1. The topological polar surface area (TPSA) is 113 Å². The van der Waals surface area contributed by atoms with Crippen molar-refractivity contribution in [2.45, 2.75) is 12.5 Å². The summed E-state index contributed by atoms with van der Waals surface area (Å²) in [6.07, 6.45) is 5.23. The van der Waals surface area contributed by atoms with Gasteiger partial charge in [-0.25, -0.2) is 5.48 Å². The largest absolute Gasteiger partial charge is 0.493 e. The summed E-state index contributed by atoms with van der Waals surface area (Å²) in [6, 6.07) is 20.1. The van der Waals surface area contributed by atoms with Gasteiger partial charge in [0.2, 0.25) is 0 Å². The van der Waals surface area contributed by atoms with Gasteiger partial charge in [-0.2, -0.15) is 0 Å². The molecule has 1 atom stereocenters. The van der Waals surface area contributed by atoms with E-state index in [-0.39, 0.29) is 18.6 Å². The van der Waals surface area contributed by atoms with E-state index in [0.29, 0.717) is 29.0 Å². The van der Waals surface area contributed by atoms with Crippen LogP contribution in [-0.4, -0.2) is 41.8 Å². The lowest BCUT2D eigenvalue weighted by atomic mass is 10.0. The van der Waals surface area contributed by atoms with E-state index in [0.717, 1.165) is 20.9 Å². The Morgan fingerprint density at radius 3 is 2.70 bits per heavy atom. The summed E-state index contributed by atoms with van der Waals surface area (Å²) in [7, 11) is 1.52. The number of benzene rings is 3. The number of nitrogens with one attached hydrogen (secondary N) is 3. The minimum atomic E-state index is -0.638. The Kier molecular flexibility index (Phi) is 8.60. The minimum Gasteiger partial charge on any atom is -0.493 e. The van der Waals surface area contributed by atoms with E-state index in [9.17, 15) is 9.59 Å². The number of carbonyl (C=O) groups is 2. The van der Waals surface area contributed by atoms with Crippen LogP contribution in [0.2, 0.25) is 0 Å². The van der Waals surface area contributed by atoms with Gasteiger partial charge in [0.05, 0.1) is 13.2 Å². The molecule has 4 aromatic rings. The molecule has 2 amide bonds. The van der Waals surface area contributed by atoms with Crippen molar-refractivity contribution in [2.75, 3.05) is 13.7 Å². The molecule has 1 aromatic heterocycles. The second-order valence-corrected chi connectivity index (χ2v) is 9.19. The van der Waals surface area contributed by atoms with Gasteiger partial charge in [0.25, 0.3) is 11.8 Å². The fourth-order valence-electron chi connectivity index (χ4n) is 3.92. The molecule has 37 heavy (non-hydrogen) atoms. The van der Waals surface area contributed by atoms with E-state index in [1.807, 2.05) is 42.6 Å². The van der Waals surface area contributed by atoms with Crippen LogP contribution in [0, 0.1) is 0 Å². The molecule has 0 aliphatic heterocycles. The van der Waals surface area contributed by atoms with Gasteiger partial charge in [-0.15, -0.1) is 0 Å². The number of carbonyl (C=O) groups excluding carboxylic acids is 2. The summed E-state index contributed by atoms with van der Waals surface area (Å²) in [5.41, 5.74) is 4.86. The van der Waals surface area contributed by atoms with Crippen LogP contribution in [-0.2, 0) is 11.2 Å². The molecule has 3 aromatic carbocycles. The fraction of sp³-hybridized carbons (Fsp3) is 0.143. The van der Waals surface area contributed by atoms with Crippen LogP contribution >= 0.6 is 15.9 Å². The maximum Gasteiger partial charge on any atom is 0.267 e. The Labute approximate surface area is 222 Å². The second kappa shape index (κ2) is 12.2. The first-order valence-electron chi connectivity index (χ1n) is 11.5. The lowest BCUT2D eigenvalue weighted by Crippen LogP contribution is -2.40. The van der Waals surface area contributed by atoms with E-state index >= 15 is 0 Å². The van der Waals surface area contributed by atoms with Crippen molar-refractivity contribution in [3.05, 3.63) is 100 Å². The van der Waals surface area contributed by atoms with E-state index in [2.05, 4.69) is 26.2 Å². The molecule has 0 spiro atoms. The first kappa shape index (κ1) is 26.0. The predicted octanol–water partition coefficient (Wildman–Crippen LogP) is 4.88. The molecule has 0 radical (unpaired) electrons. The number of halogens is 1. The van der Waals surface area contributed by atoms with Gasteiger partial charge in [-0.1, -0.05) is 46.3 Å². The van der Waals surface area contributed by atoms with Crippen molar-refractivity contribution in [2.24, 2.45) is 0 Å². The van der Waals surface area contributed by atoms with Gasteiger partial charge in [0.15, 0.2) is 11.5 Å². The number of rotatable bonds is 10. The van der Waals surface area contributed by atoms with Crippen molar-refractivity contribution < 1.29 is 24.3 Å². The van der Waals surface area contributed by atoms with E-state index in [4.69, 9.17) is 14.7 Å². The van der Waals surface area contributed by atoms with Crippen molar-refractivity contribution in [1.82, 2.24) is 15.8 Å². The molecule has 0 saturated heterocycles. The molecule has 0 fully saturated rings. The number of hydrogen-bond acceptors (Lipinski definition) is 5. The number of hydroxylamine groups is 1. The summed E-state index contributed by atoms with van der Waals surface area (Å²) in [5, 5.41) is 12.8. The number of amides is 2. The molecule has 0 aliphatic carbocycles. The van der Waals surface area contributed by atoms with Gasteiger partial charge >= 0.3 is 0 Å². The number of H-pyrrole nitrogens is 1. The van der Waals surface area contributed by atoms with Crippen LogP contribution in [0.4, 0.5) is 0 Å². The van der Waals surface area contributed by atoms with Gasteiger partial charge in [0, 0.05) is 33.2 Å². The zero-order valence-corrected chi connectivity index (χ0v) is 21.6. The minimum absolute atomic E-state index is 0.192. The van der Waals surface area contributed by atoms with Gasteiger partial charge in [0.1, 0.15) is 6.61 Å². The highest BCUT2D eigenvalue weighted by molar-refractivity contribution is 9.10. The van der Waals surface area contributed by atoms with Crippen LogP contribution < -0.4 is 20.3 Å². The summed E-state index contributed by atoms with van der Waals surface area (Å²) in [5.74, 6) is 0.118. The molecule has 9 heteroatoms. The number of aromatic amines is 1. The standard InChI is InChI=1S/C28H26BrN3O5/c1-36-26-13-18(10-12-27(33)32-35)9-11-25(26)37-17-22(31-28(34)19-5-4-6-21(29)14-19)15-20-16-30-24-8-3-2-7-23(20)24/h2-14,16,22,30,35H,15,17H2,1H3,(H,31,34)(H,32,33)/b12-10+/t22-/m0/s1. The smallest absolute Gasteiger partial charge is 0.267 e. The van der Waals surface area contributed by atoms with Crippen molar-refractivity contribution in [3.8, 4) is 11.5 Å². The number of para-hydroxylation sites is 1. The highest BCUT2D eigenvalue weighted by Crippen LogP contribution is 2.29. The lowest BCUT2D eigenvalue weighted by Gasteiger charge is -2.20. The second-order valence-electron chi connectivity index (χ2n) is 8.28. The summed E-state index contributed by atoms with van der Waals surface area (Å²) in [6.45, 7) is 0.192. The highest BCUT2D eigenvalue weighted by Gasteiger charge is 2.19. The van der Waals surface area contributed by atoms with Crippen LogP contribution in [0.1, 0.15) is 21.5 Å². The maximum atomic E-state index is 13.1. The average Bonchev–Trinajstić information content (AvgIpc) is 3.33. The summed E-state index contributed by atoms with van der Waals surface area (Å²) >= 11 is 3.42. The fourth-order valence-corrected chi connectivity index (χ4v) is 4.32. The molecule has 190 valence electrons. The van der Waals surface area contributed by atoms with Crippen LogP contribution in [0.5, 0.6) is 11.5 Å². The molecule has 4 N–H and O–H groups in total. The van der Waals surface area contributed by atoms with E-state index in [1.165, 1.54) is 19.3 Å². The molecule has 0 unspecified atom stereocenters. The number of ether oxygens (including phenoxy) is 2. The summed E-state index contributed by atoms with van der Waals surface area (Å²) in [4.78, 5) is 27.6. The monoisotopic (exact) mass is 563 g/mol. The highest BCUT2D eigenvalue weighted by atomic mass is 79.9. The molecule has 8 nitrogen and oxygen atoms in total. The Hall–Kier alpha value is -4.08. The number of aromatic nitrogens is 1. The third-order valence-corrected chi connectivity index (χ3v) is 6.22. The SMILES string of the molecule is COc1cc(/C=C/C(=O)NO)ccc1OC[C@H](Cc1c[nH]c2ccccc12)NC(=O)c1cccc(Br)c1. The van der Waals surface area contributed by atoms with Crippen LogP contribution in [0.25, 0.3) is 17.0 Å². The average molecular weight is 564 g/mol. The van der Waals surface area contributed by atoms with Gasteiger partial charge < -0.3 is 19.8 Å². The number of methoxy groups -OCH3 is 1. The third-order valence-electron chi connectivity index (χ3n) is 5.73. The Bertz CT molecular complexity index is 1430. The first-order valence-corrected chi connectivity index (χ1v) is 12.3. The summed E-state index contributed by atoms with van der Waals surface area (Å²) < 4.78 is 12.4. The molecule has 4 rings (SSSR count). The zero-order chi connectivity index (χ0) is 26.2. The van der Waals surface area contributed by atoms with Crippen LogP contribution in [0.15, 0.2) is 83.5 Å². The Morgan fingerprint density at radius 1 is 1.08 bits per heavy atom. The van der Waals surface area contributed by atoms with Crippen molar-refractivity contribution in [3.63, 3.8) is 0 Å². The predicted molar refractivity (Wildman–Crippen MR) is 145 cm³/mol.